The third-order valence-corrected chi connectivity index (χ3v) is 3.59. The average Bonchev–Trinajstić information content (AvgIpc) is 3.13. The van der Waals surface area contributed by atoms with E-state index in [1.807, 2.05) is 48.0 Å². The Kier molecular flexibility index (Phi) is 4.86. The van der Waals surface area contributed by atoms with Gasteiger partial charge in [-0.3, -0.25) is 4.57 Å². The molecular weight excluding hydrogens is 302 g/mol. The van der Waals surface area contributed by atoms with Gasteiger partial charge in [0.15, 0.2) is 0 Å². The molecule has 0 saturated carbocycles. The van der Waals surface area contributed by atoms with Gasteiger partial charge in [-0.1, -0.05) is 35.9 Å². The number of imidazole rings is 1. The molecule has 0 saturated heterocycles. The zero-order valence-electron chi connectivity index (χ0n) is 13.4. The number of carbonyl (C=O) groups is 1. The van der Waals surface area contributed by atoms with E-state index in [2.05, 4.69) is 26.7 Å². The van der Waals surface area contributed by atoms with Crippen LogP contribution in [0.2, 0.25) is 0 Å². The van der Waals surface area contributed by atoms with Gasteiger partial charge >= 0.3 is 6.03 Å². The minimum Gasteiger partial charge on any atom is -0.334 e. The topological polar surface area (TPSA) is 71.8 Å². The Hall–Kier alpha value is -3.15. The molecule has 2 N–H and O–H groups in total. The van der Waals surface area contributed by atoms with Crippen molar-refractivity contribution in [2.24, 2.45) is 0 Å². The number of aromatic nitrogens is 3. The highest BCUT2D eigenvalue weighted by Crippen LogP contribution is 2.10. The van der Waals surface area contributed by atoms with Crippen LogP contribution in [0.4, 0.5) is 4.79 Å². The molecule has 0 aliphatic heterocycles. The molecule has 2 aromatic heterocycles. The quantitative estimate of drug-likeness (QED) is 0.758. The first kappa shape index (κ1) is 15.7. The molecule has 0 radical (unpaired) electrons. The smallest absolute Gasteiger partial charge is 0.315 e. The first-order chi connectivity index (χ1) is 11.7. The van der Waals surface area contributed by atoms with Gasteiger partial charge < -0.3 is 10.6 Å². The fourth-order valence-electron chi connectivity index (χ4n) is 2.43. The van der Waals surface area contributed by atoms with E-state index in [0.717, 1.165) is 16.9 Å². The van der Waals surface area contributed by atoms with Gasteiger partial charge in [-0.2, -0.15) is 0 Å². The number of pyridine rings is 1. The van der Waals surface area contributed by atoms with Crippen molar-refractivity contribution in [3.63, 3.8) is 0 Å². The van der Waals surface area contributed by atoms with Crippen molar-refractivity contribution in [3.05, 3.63) is 78.0 Å². The molecule has 2 amide bonds. The zero-order chi connectivity index (χ0) is 16.8. The monoisotopic (exact) mass is 321 g/mol. The molecule has 0 fully saturated rings. The van der Waals surface area contributed by atoms with Gasteiger partial charge in [0.25, 0.3) is 0 Å². The zero-order valence-corrected chi connectivity index (χ0v) is 13.4. The van der Waals surface area contributed by atoms with E-state index < -0.39 is 0 Å². The van der Waals surface area contributed by atoms with E-state index in [1.54, 1.807) is 18.7 Å². The van der Waals surface area contributed by atoms with Crippen LogP contribution >= 0.6 is 0 Å². The van der Waals surface area contributed by atoms with E-state index in [9.17, 15) is 4.79 Å². The first-order valence-corrected chi connectivity index (χ1v) is 7.72. The molecule has 0 unspecified atom stereocenters. The first-order valence-electron chi connectivity index (χ1n) is 7.72. The van der Waals surface area contributed by atoms with Crippen LogP contribution in [0.1, 0.15) is 16.7 Å². The predicted octanol–water partition coefficient (Wildman–Crippen LogP) is 2.58. The summed E-state index contributed by atoms with van der Waals surface area (Å²) in [7, 11) is 0. The molecule has 24 heavy (non-hydrogen) atoms. The molecular formula is C18H19N5O. The second-order valence-electron chi connectivity index (χ2n) is 5.48. The summed E-state index contributed by atoms with van der Waals surface area (Å²) in [5, 5.41) is 5.72. The molecule has 3 rings (SSSR count). The lowest BCUT2D eigenvalue weighted by Gasteiger charge is -2.11. The molecule has 0 aliphatic rings. The Morgan fingerprint density at radius 1 is 1.12 bits per heavy atom. The van der Waals surface area contributed by atoms with E-state index in [-0.39, 0.29) is 6.03 Å². The van der Waals surface area contributed by atoms with Crippen molar-refractivity contribution in [2.45, 2.75) is 20.0 Å². The van der Waals surface area contributed by atoms with Crippen LogP contribution in [0, 0.1) is 6.92 Å². The summed E-state index contributed by atoms with van der Waals surface area (Å²) in [6.07, 6.45) is 6.92. The van der Waals surface area contributed by atoms with Crippen LogP contribution in [-0.2, 0) is 13.1 Å². The maximum atomic E-state index is 12.0. The number of rotatable bonds is 5. The molecule has 1 aromatic carbocycles. The van der Waals surface area contributed by atoms with Crippen molar-refractivity contribution in [2.75, 3.05) is 0 Å². The van der Waals surface area contributed by atoms with Crippen molar-refractivity contribution in [3.8, 4) is 5.82 Å². The van der Waals surface area contributed by atoms with Gasteiger partial charge in [-0.25, -0.2) is 14.8 Å². The molecule has 6 heteroatoms. The number of nitrogens with one attached hydrogen (secondary N) is 2. The third-order valence-electron chi connectivity index (χ3n) is 3.59. The number of benzene rings is 1. The van der Waals surface area contributed by atoms with Crippen LogP contribution in [0.15, 0.2) is 61.3 Å². The Morgan fingerprint density at radius 3 is 2.79 bits per heavy atom. The van der Waals surface area contributed by atoms with Crippen LogP contribution in [-0.4, -0.2) is 20.6 Å². The van der Waals surface area contributed by atoms with Crippen LogP contribution < -0.4 is 10.6 Å². The Morgan fingerprint density at radius 2 is 2.00 bits per heavy atom. The molecule has 0 atom stereocenters. The van der Waals surface area contributed by atoms with Crippen molar-refractivity contribution >= 4 is 6.03 Å². The van der Waals surface area contributed by atoms with E-state index in [1.165, 1.54) is 5.56 Å². The SMILES string of the molecule is Cc1cccc(CNC(=O)NCc2cccnc2-n2ccnc2)c1. The van der Waals surface area contributed by atoms with Gasteiger partial charge in [0.1, 0.15) is 12.1 Å². The highest BCUT2D eigenvalue weighted by Gasteiger charge is 2.07. The number of carbonyl (C=O) groups excluding carboxylic acids is 1. The lowest BCUT2D eigenvalue weighted by Crippen LogP contribution is -2.34. The summed E-state index contributed by atoms with van der Waals surface area (Å²) in [5.74, 6) is 0.758. The second kappa shape index (κ2) is 7.41. The number of aryl methyl sites for hydroxylation is 1. The van der Waals surface area contributed by atoms with Crippen molar-refractivity contribution < 1.29 is 4.79 Å². The lowest BCUT2D eigenvalue weighted by atomic mass is 10.1. The highest BCUT2D eigenvalue weighted by molar-refractivity contribution is 5.73. The number of nitrogens with zero attached hydrogens (tertiary/aromatic N) is 3. The van der Waals surface area contributed by atoms with Crippen LogP contribution in [0.5, 0.6) is 0 Å². The summed E-state index contributed by atoms with van der Waals surface area (Å²) in [6.45, 7) is 2.92. The van der Waals surface area contributed by atoms with E-state index in [4.69, 9.17) is 0 Å². The average molecular weight is 321 g/mol. The summed E-state index contributed by atoms with van der Waals surface area (Å²) < 4.78 is 1.82. The van der Waals surface area contributed by atoms with Gasteiger partial charge in [-0.15, -0.1) is 0 Å². The molecule has 122 valence electrons. The largest absolute Gasteiger partial charge is 0.334 e. The lowest BCUT2D eigenvalue weighted by molar-refractivity contribution is 0.240. The summed E-state index contributed by atoms with van der Waals surface area (Å²) in [4.78, 5) is 20.4. The Bertz CT molecular complexity index is 814. The summed E-state index contributed by atoms with van der Waals surface area (Å²) >= 11 is 0. The van der Waals surface area contributed by atoms with Crippen molar-refractivity contribution in [1.29, 1.82) is 0 Å². The molecule has 2 heterocycles. The van der Waals surface area contributed by atoms with Gasteiger partial charge in [0.05, 0.1) is 0 Å². The van der Waals surface area contributed by atoms with E-state index >= 15 is 0 Å². The third kappa shape index (κ3) is 3.98. The van der Waals surface area contributed by atoms with Gasteiger partial charge in [-0.05, 0) is 18.6 Å². The fourth-order valence-corrected chi connectivity index (χ4v) is 2.43. The standard InChI is InChI=1S/C18H19N5O/c1-14-4-2-5-15(10-14)11-21-18(24)22-12-16-6-3-7-20-17(16)23-9-8-19-13-23/h2-10,13H,11-12H2,1H3,(H2,21,22,24). The summed E-state index contributed by atoms with van der Waals surface area (Å²) in [5.41, 5.74) is 3.17. The molecule has 6 nitrogen and oxygen atoms in total. The molecule has 0 aliphatic carbocycles. The molecule has 3 aromatic rings. The number of hydrogen-bond donors (Lipinski definition) is 2. The van der Waals surface area contributed by atoms with Crippen LogP contribution in [0.3, 0.4) is 0 Å². The summed E-state index contributed by atoms with van der Waals surface area (Å²) in [6, 6.07) is 11.6. The van der Waals surface area contributed by atoms with E-state index in [0.29, 0.717) is 13.1 Å². The molecule has 0 spiro atoms. The minimum atomic E-state index is -0.211. The second-order valence-corrected chi connectivity index (χ2v) is 5.48. The maximum absolute atomic E-state index is 12.0. The van der Waals surface area contributed by atoms with Crippen LogP contribution in [0.25, 0.3) is 5.82 Å². The Labute approximate surface area is 140 Å². The highest BCUT2D eigenvalue weighted by atomic mass is 16.2. The van der Waals surface area contributed by atoms with Crippen molar-refractivity contribution in [1.82, 2.24) is 25.2 Å². The normalized spacial score (nSPS) is 10.4. The maximum Gasteiger partial charge on any atom is 0.315 e. The minimum absolute atomic E-state index is 0.211. The predicted molar refractivity (Wildman–Crippen MR) is 91.6 cm³/mol. The Balaban J connectivity index is 1.57. The number of hydrogen-bond acceptors (Lipinski definition) is 3. The number of urea groups is 1. The number of amides is 2. The molecule has 0 bridgehead atoms. The van der Waals surface area contributed by atoms with Gasteiger partial charge in [0.2, 0.25) is 0 Å². The fraction of sp³-hybridized carbons (Fsp3) is 0.167. The van der Waals surface area contributed by atoms with Gasteiger partial charge in [0, 0.05) is 37.2 Å².